The van der Waals surface area contributed by atoms with E-state index in [1.165, 1.54) is 6.42 Å². The zero-order chi connectivity index (χ0) is 12.3. The van der Waals surface area contributed by atoms with Crippen molar-refractivity contribution in [2.24, 2.45) is 0 Å². The second-order valence-corrected chi connectivity index (χ2v) is 6.19. The van der Waals surface area contributed by atoms with Crippen LogP contribution in [0.2, 0.25) is 0 Å². The number of aliphatic hydroxyl groups is 1. The van der Waals surface area contributed by atoms with Crippen LogP contribution in [0.4, 0.5) is 0 Å². The molecule has 0 radical (unpaired) electrons. The van der Waals surface area contributed by atoms with E-state index in [0.717, 1.165) is 33.9 Å². The molecule has 1 aromatic rings. The predicted molar refractivity (Wildman–Crippen MR) is 74.7 cm³/mol. The average Bonchev–Trinajstić information content (AvgIpc) is 2.30. The average molecular weight is 364 g/mol. The molecule has 3 nitrogen and oxygen atoms in total. The van der Waals surface area contributed by atoms with Crippen molar-refractivity contribution in [3.63, 3.8) is 0 Å². The molecule has 1 aliphatic carbocycles. The Hall–Kier alpha value is 0.0300. The summed E-state index contributed by atoms with van der Waals surface area (Å²) in [5, 5.41) is 13.2. The van der Waals surface area contributed by atoms with Crippen LogP contribution in [0, 0.1) is 0 Å². The molecular formula is C12H16Br2N2O. The van der Waals surface area contributed by atoms with Gasteiger partial charge in [0.05, 0.1) is 11.8 Å². The van der Waals surface area contributed by atoms with Crippen LogP contribution in [0.5, 0.6) is 0 Å². The molecule has 17 heavy (non-hydrogen) atoms. The molecular weight excluding hydrogens is 348 g/mol. The van der Waals surface area contributed by atoms with Gasteiger partial charge in [-0.15, -0.1) is 0 Å². The summed E-state index contributed by atoms with van der Waals surface area (Å²) in [7, 11) is 0. The summed E-state index contributed by atoms with van der Waals surface area (Å²) in [5.41, 5.74) is 0.978. The van der Waals surface area contributed by atoms with Crippen molar-refractivity contribution < 1.29 is 5.11 Å². The molecule has 0 spiro atoms. The smallest absolute Gasteiger partial charge is 0.0693 e. The van der Waals surface area contributed by atoms with Crippen molar-refractivity contribution in [1.29, 1.82) is 0 Å². The third-order valence-electron chi connectivity index (χ3n) is 3.15. The fraction of sp³-hybridized carbons (Fsp3) is 0.583. The standard InChI is InChI=1S/C12H16Br2N2O/c13-8-5-9(14)11(15-6-8)7-16-10-3-1-2-4-12(10)17/h5-6,10,12,16-17H,1-4,7H2. The summed E-state index contributed by atoms with van der Waals surface area (Å²) in [4.78, 5) is 4.35. The van der Waals surface area contributed by atoms with Crippen LogP contribution in [0.1, 0.15) is 31.4 Å². The second kappa shape index (κ2) is 6.27. The van der Waals surface area contributed by atoms with Gasteiger partial charge in [-0.05, 0) is 50.8 Å². The number of aliphatic hydroxyl groups excluding tert-OH is 1. The first kappa shape index (κ1) is 13.5. The van der Waals surface area contributed by atoms with Crippen LogP contribution in [-0.2, 0) is 6.54 Å². The molecule has 1 fully saturated rings. The van der Waals surface area contributed by atoms with E-state index in [2.05, 4.69) is 42.2 Å². The number of aromatic nitrogens is 1. The maximum atomic E-state index is 9.86. The Morgan fingerprint density at radius 2 is 2.12 bits per heavy atom. The summed E-state index contributed by atoms with van der Waals surface area (Å²) in [6, 6.07) is 2.20. The van der Waals surface area contributed by atoms with Crippen LogP contribution < -0.4 is 5.32 Å². The van der Waals surface area contributed by atoms with E-state index >= 15 is 0 Å². The highest BCUT2D eigenvalue weighted by Crippen LogP contribution is 2.21. The quantitative estimate of drug-likeness (QED) is 0.867. The van der Waals surface area contributed by atoms with Crippen molar-refractivity contribution in [3.8, 4) is 0 Å². The normalized spacial score (nSPS) is 24.9. The van der Waals surface area contributed by atoms with Crippen LogP contribution in [-0.4, -0.2) is 22.2 Å². The van der Waals surface area contributed by atoms with E-state index in [1.807, 2.05) is 6.07 Å². The summed E-state index contributed by atoms with van der Waals surface area (Å²) >= 11 is 6.87. The molecule has 1 heterocycles. The first-order valence-electron chi connectivity index (χ1n) is 5.88. The lowest BCUT2D eigenvalue weighted by atomic mass is 9.92. The largest absolute Gasteiger partial charge is 0.392 e. The fourth-order valence-electron chi connectivity index (χ4n) is 2.15. The molecule has 0 amide bonds. The Morgan fingerprint density at radius 1 is 1.35 bits per heavy atom. The fourth-order valence-corrected chi connectivity index (χ4v) is 3.28. The summed E-state index contributed by atoms with van der Waals surface area (Å²) in [5.74, 6) is 0. The van der Waals surface area contributed by atoms with Crippen molar-refractivity contribution in [2.45, 2.75) is 44.4 Å². The Labute approximate surface area is 118 Å². The Morgan fingerprint density at radius 3 is 2.82 bits per heavy atom. The molecule has 0 aromatic carbocycles. The monoisotopic (exact) mass is 362 g/mol. The number of hydrogen-bond donors (Lipinski definition) is 2. The van der Waals surface area contributed by atoms with E-state index in [9.17, 15) is 5.11 Å². The number of hydrogen-bond acceptors (Lipinski definition) is 3. The molecule has 1 aromatic heterocycles. The Bertz CT molecular complexity index is 387. The highest BCUT2D eigenvalue weighted by molar-refractivity contribution is 9.11. The number of nitrogens with zero attached hydrogens (tertiary/aromatic N) is 1. The lowest BCUT2D eigenvalue weighted by Crippen LogP contribution is -2.41. The van der Waals surface area contributed by atoms with Gasteiger partial charge in [-0.1, -0.05) is 12.8 Å². The van der Waals surface area contributed by atoms with Crippen LogP contribution >= 0.6 is 31.9 Å². The SMILES string of the molecule is OC1CCCCC1NCc1ncc(Br)cc1Br. The predicted octanol–water partition coefficient (Wildman–Crippen LogP) is 3.00. The molecule has 2 rings (SSSR count). The minimum absolute atomic E-state index is 0.209. The van der Waals surface area contributed by atoms with Gasteiger partial charge in [0.1, 0.15) is 0 Å². The van der Waals surface area contributed by atoms with Crippen molar-refractivity contribution >= 4 is 31.9 Å². The number of nitrogens with one attached hydrogen (secondary N) is 1. The third kappa shape index (κ3) is 3.74. The van der Waals surface area contributed by atoms with Gasteiger partial charge in [0.15, 0.2) is 0 Å². The minimum atomic E-state index is -0.210. The maximum absolute atomic E-state index is 9.86. The van der Waals surface area contributed by atoms with Gasteiger partial charge >= 0.3 is 0 Å². The summed E-state index contributed by atoms with van der Waals surface area (Å²) in [6.45, 7) is 0.690. The topological polar surface area (TPSA) is 45.1 Å². The van der Waals surface area contributed by atoms with Gasteiger partial charge in [-0.25, -0.2) is 0 Å². The highest BCUT2D eigenvalue weighted by atomic mass is 79.9. The van der Waals surface area contributed by atoms with Gasteiger partial charge in [0.2, 0.25) is 0 Å². The van der Waals surface area contributed by atoms with Gasteiger partial charge < -0.3 is 10.4 Å². The molecule has 2 atom stereocenters. The Balaban J connectivity index is 1.92. The molecule has 5 heteroatoms. The maximum Gasteiger partial charge on any atom is 0.0693 e. The zero-order valence-corrected chi connectivity index (χ0v) is 12.7. The van der Waals surface area contributed by atoms with Gasteiger partial charge in [-0.2, -0.15) is 0 Å². The lowest BCUT2D eigenvalue weighted by molar-refractivity contribution is 0.0900. The second-order valence-electron chi connectivity index (χ2n) is 4.42. The molecule has 0 bridgehead atoms. The van der Waals surface area contributed by atoms with Crippen LogP contribution in [0.3, 0.4) is 0 Å². The third-order valence-corrected chi connectivity index (χ3v) is 4.27. The van der Waals surface area contributed by atoms with Crippen molar-refractivity contribution in [1.82, 2.24) is 10.3 Å². The molecule has 2 N–H and O–H groups in total. The number of halogens is 2. The molecule has 1 saturated carbocycles. The highest BCUT2D eigenvalue weighted by Gasteiger charge is 2.22. The minimum Gasteiger partial charge on any atom is -0.392 e. The molecule has 0 aliphatic heterocycles. The Kier molecular flexibility index (Phi) is 4.97. The van der Waals surface area contributed by atoms with Crippen LogP contribution in [0.15, 0.2) is 21.2 Å². The first-order valence-corrected chi connectivity index (χ1v) is 7.47. The molecule has 94 valence electrons. The summed E-state index contributed by atoms with van der Waals surface area (Å²) in [6.07, 6.45) is 5.88. The van der Waals surface area contributed by atoms with Gasteiger partial charge in [0, 0.05) is 27.7 Å². The lowest BCUT2D eigenvalue weighted by Gasteiger charge is -2.28. The van der Waals surface area contributed by atoms with E-state index in [4.69, 9.17) is 0 Å². The summed E-state index contributed by atoms with van der Waals surface area (Å²) < 4.78 is 1.95. The van der Waals surface area contributed by atoms with Crippen molar-refractivity contribution in [3.05, 3.63) is 26.9 Å². The van der Waals surface area contributed by atoms with E-state index in [0.29, 0.717) is 6.54 Å². The molecule has 0 saturated heterocycles. The molecule has 1 aliphatic rings. The number of pyridine rings is 1. The van der Waals surface area contributed by atoms with E-state index < -0.39 is 0 Å². The van der Waals surface area contributed by atoms with Gasteiger partial charge in [0.25, 0.3) is 0 Å². The first-order chi connectivity index (χ1) is 8.16. The van der Waals surface area contributed by atoms with Crippen molar-refractivity contribution in [2.75, 3.05) is 0 Å². The number of rotatable bonds is 3. The zero-order valence-electron chi connectivity index (χ0n) is 9.50. The van der Waals surface area contributed by atoms with Crippen LogP contribution in [0.25, 0.3) is 0 Å². The molecule has 2 unspecified atom stereocenters. The van der Waals surface area contributed by atoms with Gasteiger partial charge in [-0.3, -0.25) is 4.98 Å². The van der Waals surface area contributed by atoms with E-state index in [1.54, 1.807) is 6.20 Å². The van der Waals surface area contributed by atoms with E-state index in [-0.39, 0.29) is 12.1 Å².